The predicted molar refractivity (Wildman–Crippen MR) is 78.3 cm³/mol. The van der Waals surface area contributed by atoms with Crippen molar-refractivity contribution in [2.24, 2.45) is 23.5 Å². The van der Waals surface area contributed by atoms with Crippen LogP contribution in [0.4, 0.5) is 0 Å². The van der Waals surface area contributed by atoms with E-state index in [9.17, 15) is 4.79 Å². The molecule has 2 aliphatic rings. The average molecular weight is 291 g/mol. The topological polar surface area (TPSA) is 55.6 Å². The van der Waals surface area contributed by atoms with E-state index in [-0.39, 0.29) is 24.2 Å². The molecule has 2 atom stereocenters. The highest BCUT2D eigenvalue weighted by Gasteiger charge is 2.33. The Morgan fingerprint density at radius 1 is 1.32 bits per heavy atom. The molecule has 5 heteroatoms. The maximum Gasteiger partial charge on any atom is 0.225 e. The Kier molecular flexibility index (Phi) is 7.11. The van der Waals surface area contributed by atoms with E-state index in [4.69, 9.17) is 10.5 Å². The molecular formula is C14H27ClN2O2. The summed E-state index contributed by atoms with van der Waals surface area (Å²) in [7, 11) is 1.88. The second-order valence-electron chi connectivity index (χ2n) is 5.81. The van der Waals surface area contributed by atoms with E-state index in [2.05, 4.69) is 0 Å². The lowest BCUT2D eigenvalue weighted by Gasteiger charge is -2.24. The summed E-state index contributed by atoms with van der Waals surface area (Å²) in [5, 5.41) is 0. The average Bonchev–Trinajstić information content (AvgIpc) is 3.08. The van der Waals surface area contributed by atoms with Crippen molar-refractivity contribution < 1.29 is 9.53 Å². The highest BCUT2D eigenvalue weighted by molar-refractivity contribution is 5.85. The van der Waals surface area contributed by atoms with Crippen LogP contribution in [0.5, 0.6) is 0 Å². The number of likely N-dealkylation sites (N-methyl/N-ethyl adjacent to an activating group) is 1. The standard InChI is InChI=1S/C14H26N2O2.ClH/c1-16(7-8-18-10-11-5-6-11)14(17)13-4-2-3-12(13)9-15;/h11-13H,2-10,15H2,1H3;1H/t12-,13-;/m1./s1. The Hall–Kier alpha value is -0.320. The van der Waals surface area contributed by atoms with E-state index in [1.165, 1.54) is 12.8 Å². The van der Waals surface area contributed by atoms with Gasteiger partial charge in [-0.25, -0.2) is 0 Å². The number of nitrogens with two attached hydrogens (primary N) is 1. The van der Waals surface area contributed by atoms with Crippen molar-refractivity contribution in [2.75, 3.05) is 33.4 Å². The maximum atomic E-state index is 12.3. The van der Waals surface area contributed by atoms with Crippen LogP contribution in [0.1, 0.15) is 32.1 Å². The number of rotatable bonds is 7. The molecule has 19 heavy (non-hydrogen) atoms. The second kappa shape index (κ2) is 8.08. The minimum Gasteiger partial charge on any atom is -0.379 e. The van der Waals surface area contributed by atoms with Crippen LogP contribution in [-0.2, 0) is 9.53 Å². The summed E-state index contributed by atoms with van der Waals surface area (Å²) in [6, 6.07) is 0. The molecule has 0 aromatic heterocycles. The summed E-state index contributed by atoms with van der Waals surface area (Å²) >= 11 is 0. The van der Waals surface area contributed by atoms with Gasteiger partial charge >= 0.3 is 0 Å². The normalized spacial score (nSPS) is 26.0. The molecule has 2 aliphatic carbocycles. The van der Waals surface area contributed by atoms with Gasteiger partial charge in [0.15, 0.2) is 0 Å². The lowest BCUT2D eigenvalue weighted by atomic mass is 9.95. The Balaban J connectivity index is 0.00000180. The van der Waals surface area contributed by atoms with Gasteiger partial charge < -0.3 is 15.4 Å². The van der Waals surface area contributed by atoms with Crippen LogP contribution in [0.15, 0.2) is 0 Å². The van der Waals surface area contributed by atoms with Gasteiger partial charge in [0.1, 0.15) is 0 Å². The van der Waals surface area contributed by atoms with Crippen molar-refractivity contribution in [1.82, 2.24) is 4.90 Å². The van der Waals surface area contributed by atoms with E-state index >= 15 is 0 Å². The van der Waals surface area contributed by atoms with Crippen LogP contribution >= 0.6 is 12.4 Å². The van der Waals surface area contributed by atoms with Crippen LogP contribution in [0.25, 0.3) is 0 Å². The fraction of sp³-hybridized carbons (Fsp3) is 0.929. The van der Waals surface area contributed by atoms with Gasteiger partial charge in [0.25, 0.3) is 0 Å². The first-order valence-corrected chi connectivity index (χ1v) is 7.25. The van der Waals surface area contributed by atoms with E-state index < -0.39 is 0 Å². The fourth-order valence-electron chi connectivity index (χ4n) is 2.77. The summed E-state index contributed by atoms with van der Waals surface area (Å²) in [6.45, 7) is 2.89. The fourth-order valence-corrected chi connectivity index (χ4v) is 2.77. The van der Waals surface area contributed by atoms with Crippen LogP contribution in [-0.4, -0.2) is 44.2 Å². The lowest BCUT2D eigenvalue weighted by molar-refractivity contribution is -0.135. The molecule has 1 amide bonds. The van der Waals surface area contributed by atoms with Crippen LogP contribution < -0.4 is 5.73 Å². The molecule has 0 saturated heterocycles. The molecule has 0 aliphatic heterocycles. The van der Waals surface area contributed by atoms with Crippen molar-refractivity contribution >= 4 is 18.3 Å². The van der Waals surface area contributed by atoms with Gasteiger partial charge in [-0.15, -0.1) is 12.4 Å². The van der Waals surface area contributed by atoms with Crippen LogP contribution in [0.2, 0.25) is 0 Å². The molecule has 2 fully saturated rings. The summed E-state index contributed by atoms with van der Waals surface area (Å²) in [5.41, 5.74) is 5.73. The third-order valence-corrected chi connectivity index (χ3v) is 4.28. The van der Waals surface area contributed by atoms with Gasteiger partial charge in [-0.05, 0) is 44.1 Å². The molecule has 112 valence electrons. The van der Waals surface area contributed by atoms with Crippen molar-refractivity contribution in [3.8, 4) is 0 Å². The number of ether oxygens (including phenoxy) is 1. The minimum absolute atomic E-state index is 0. The van der Waals surface area contributed by atoms with Crippen LogP contribution in [0.3, 0.4) is 0 Å². The smallest absolute Gasteiger partial charge is 0.225 e. The molecule has 0 aromatic rings. The molecule has 0 radical (unpaired) electrons. The van der Waals surface area contributed by atoms with Crippen molar-refractivity contribution in [3.05, 3.63) is 0 Å². The largest absolute Gasteiger partial charge is 0.379 e. The number of halogens is 1. The van der Waals surface area contributed by atoms with E-state index in [1.54, 1.807) is 0 Å². The molecule has 2 saturated carbocycles. The molecule has 4 nitrogen and oxygen atoms in total. The van der Waals surface area contributed by atoms with Gasteiger partial charge in [0.05, 0.1) is 6.61 Å². The zero-order valence-electron chi connectivity index (χ0n) is 11.8. The lowest BCUT2D eigenvalue weighted by Crippen LogP contribution is -2.38. The Morgan fingerprint density at radius 3 is 2.68 bits per heavy atom. The Morgan fingerprint density at radius 2 is 2.05 bits per heavy atom. The molecule has 0 spiro atoms. The molecular weight excluding hydrogens is 264 g/mol. The number of carbonyl (C=O) groups excluding carboxylic acids is 1. The first-order chi connectivity index (χ1) is 8.72. The molecule has 2 rings (SSSR count). The van der Waals surface area contributed by atoms with Crippen molar-refractivity contribution in [3.63, 3.8) is 0 Å². The molecule has 0 unspecified atom stereocenters. The van der Waals surface area contributed by atoms with Gasteiger partial charge in [0.2, 0.25) is 5.91 Å². The summed E-state index contributed by atoms with van der Waals surface area (Å²) in [6.07, 6.45) is 5.89. The van der Waals surface area contributed by atoms with Crippen molar-refractivity contribution in [1.29, 1.82) is 0 Å². The molecule has 2 N–H and O–H groups in total. The van der Waals surface area contributed by atoms with Gasteiger partial charge in [-0.1, -0.05) is 6.42 Å². The van der Waals surface area contributed by atoms with Crippen molar-refractivity contribution in [2.45, 2.75) is 32.1 Å². The molecule has 0 heterocycles. The highest BCUT2D eigenvalue weighted by Crippen LogP contribution is 2.32. The molecule has 0 bridgehead atoms. The Labute approximate surface area is 122 Å². The van der Waals surface area contributed by atoms with E-state index in [1.807, 2.05) is 11.9 Å². The first kappa shape index (κ1) is 16.7. The summed E-state index contributed by atoms with van der Waals surface area (Å²) in [5.74, 6) is 1.61. The van der Waals surface area contributed by atoms with Gasteiger partial charge in [-0.3, -0.25) is 4.79 Å². The number of hydrogen-bond donors (Lipinski definition) is 1. The monoisotopic (exact) mass is 290 g/mol. The second-order valence-corrected chi connectivity index (χ2v) is 5.81. The zero-order valence-corrected chi connectivity index (χ0v) is 12.7. The van der Waals surface area contributed by atoms with E-state index in [0.717, 1.165) is 31.8 Å². The first-order valence-electron chi connectivity index (χ1n) is 7.25. The number of amides is 1. The number of nitrogens with zero attached hydrogens (tertiary/aromatic N) is 1. The predicted octanol–water partition coefficient (Wildman–Crippen LogP) is 1.67. The Bertz CT molecular complexity index is 285. The van der Waals surface area contributed by atoms with Gasteiger partial charge in [-0.2, -0.15) is 0 Å². The van der Waals surface area contributed by atoms with Gasteiger partial charge in [0, 0.05) is 26.1 Å². The SMILES string of the molecule is CN(CCOCC1CC1)C(=O)[C@@H]1CCC[C@@H]1CN.Cl. The highest BCUT2D eigenvalue weighted by atomic mass is 35.5. The quantitative estimate of drug-likeness (QED) is 0.726. The number of carbonyl (C=O) groups is 1. The third-order valence-electron chi connectivity index (χ3n) is 4.28. The summed E-state index contributed by atoms with van der Waals surface area (Å²) in [4.78, 5) is 14.1. The number of hydrogen-bond acceptors (Lipinski definition) is 3. The maximum absolute atomic E-state index is 12.3. The summed E-state index contributed by atoms with van der Waals surface area (Å²) < 4.78 is 5.58. The zero-order chi connectivity index (χ0) is 13.0. The third kappa shape index (κ3) is 4.93. The molecule has 0 aromatic carbocycles. The van der Waals surface area contributed by atoms with Crippen LogP contribution in [0, 0.1) is 17.8 Å². The van der Waals surface area contributed by atoms with E-state index in [0.29, 0.717) is 25.6 Å². The minimum atomic E-state index is 0.